The lowest BCUT2D eigenvalue weighted by Crippen LogP contribution is -2.37. The highest BCUT2D eigenvalue weighted by Gasteiger charge is 2.22. The molecular weight excluding hydrogens is 454 g/mol. The number of nitrogens with one attached hydrogen (secondary N) is 2. The molecule has 144 valence electrons. The molecule has 0 unspecified atom stereocenters. The average Bonchev–Trinajstić information content (AvgIpc) is 2.57. The van der Waals surface area contributed by atoms with Crippen LogP contribution in [0, 0.1) is 0 Å². The van der Waals surface area contributed by atoms with Crippen LogP contribution in [0.1, 0.15) is 12.0 Å². The van der Waals surface area contributed by atoms with Crippen molar-refractivity contribution >= 4 is 60.5 Å². The number of nitrogens with zero attached hydrogens (tertiary/aromatic N) is 1. The number of carbonyl (C=O) groups excluding carboxylic acids is 1. The van der Waals surface area contributed by atoms with Crippen molar-refractivity contribution < 1.29 is 13.2 Å². The van der Waals surface area contributed by atoms with E-state index in [2.05, 4.69) is 26.0 Å². The van der Waals surface area contributed by atoms with Crippen LogP contribution in [0.4, 0.5) is 17.1 Å². The number of hydrogen-bond acceptors (Lipinski definition) is 4. The lowest BCUT2D eigenvalue weighted by molar-refractivity contribution is -0.115. The molecule has 0 bridgehead atoms. The molecule has 1 aliphatic heterocycles. The normalized spacial score (nSPS) is 13.8. The monoisotopic (exact) mass is 471 g/mol. The van der Waals surface area contributed by atoms with Gasteiger partial charge in [0.25, 0.3) is 0 Å². The van der Waals surface area contributed by atoms with Gasteiger partial charge in [0.1, 0.15) is 0 Å². The second-order valence-corrected chi connectivity index (χ2v) is 9.45. The Kier molecular flexibility index (Phi) is 5.98. The molecule has 1 aliphatic rings. The number of rotatable bonds is 5. The molecule has 1 heterocycles. The van der Waals surface area contributed by atoms with Crippen molar-refractivity contribution in [1.29, 1.82) is 0 Å². The number of halogens is 2. The lowest BCUT2D eigenvalue weighted by Gasteiger charge is -2.32. The molecule has 0 saturated heterocycles. The molecule has 0 radical (unpaired) electrons. The highest BCUT2D eigenvalue weighted by Crippen LogP contribution is 2.33. The first-order chi connectivity index (χ1) is 12.7. The number of hydrogen-bond donors (Lipinski definition) is 2. The van der Waals surface area contributed by atoms with E-state index in [1.165, 1.54) is 0 Å². The minimum absolute atomic E-state index is 0.154. The van der Waals surface area contributed by atoms with Crippen LogP contribution in [0.2, 0.25) is 5.02 Å². The van der Waals surface area contributed by atoms with Gasteiger partial charge in [0, 0.05) is 16.7 Å². The number of fused-ring (bicyclic) bond motifs is 1. The van der Waals surface area contributed by atoms with Crippen LogP contribution in [-0.4, -0.2) is 33.7 Å². The third-order valence-corrected chi connectivity index (χ3v) is 5.58. The zero-order chi connectivity index (χ0) is 19.6. The Morgan fingerprint density at radius 3 is 2.74 bits per heavy atom. The highest BCUT2D eigenvalue weighted by molar-refractivity contribution is 9.10. The quantitative estimate of drug-likeness (QED) is 0.692. The average molecular weight is 473 g/mol. The Labute approximate surface area is 172 Å². The fourth-order valence-corrected chi connectivity index (χ4v) is 4.43. The summed E-state index contributed by atoms with van der Waals surface area (Å²) < 4.78 is 26.6. The molecule has 6 nitrogen and oxygen atoms in total. The predicted molar refractivity (Wildman–Crippen MR) is 113 cm³/mol. The molecule has 0 aliphatic carbocycles. The Morgan fingerprint density at radius 2 is 2.04 bits per heavy atom. The second-order valence-electron chi connectivity index (χ2n) is 6.37. The van der Waals surface area contributed by atoms with Crippen LogP contribution in [0.25, 0.3) is 0 Å². The molecule has 2 aromatic rings. The van der Waals surface area contributed by atoms with E-state index in [9.17, 15) is 13.2 Å². The summed E-state index contributed by atoms with van der Waals surface area (Å²) in [5.41, 5.74) is 2.89. The van der Waals surface area contributed by atoms with Gasteiger partial charge in [-0.2, -0.15) is 0 Å². The maximum atomic E-state index is 12.5. The Hall–Kier alpha value is -1.77. The van der Waals surface area contributed by atoms with Crippen molar-refractivity contribution in [3.05, 3.63) is 51.5 Å². The van der Waals surface area contributed by atoms with Crippen LogP contribution < -0.4 is 14.9 Å². The van der Waals surface area contributed by atoms with Crippen LogP contribution in [-0.2, 0) is 21.2 Å². The van der Waals surface area contributed by atoms with Gasteiger partial charge >= 0.3 is 0 Å². The summed E-state index contributed by atoms with van der Waals surface area (Å²) in [6, 6.07) is 10.7. The van der Waals surface area contributed by atoms with Crippen LogP contribution in [0.5, 0.6) is 0 Å². The van der Waals surface area contributed by atoms with Crippen molar-refractivity contribution in [3.8, 4) is 0 Å². The molecular formula is C18H19BrClN3O3S. The fraction of sp³-hybridized carbons (Fsp3) is 0.278. The number of benzene rings is 2. The van der Waals surface area contributed by atoms with Gasteiger partial charge in [0.2, 0.25) is 15.9 Å². The molecule has 2 N–H and O–H groups in total. The maximum Gasteiger partial charge on any atom is 0.243 e. The summed E-state index contributed by atoms with van der Waals surface area (Å²) in [4.78, 5) is 14.5. The first-order valence-electron chi connectivity index (χ1n) is 8.32. The molecule has 0 aromatic heterocycles. The standard InChI is InChI=1S/C18H19BrClN3O3S/c1-27(25,26)22-15-5-2-6-17-13(15)4-3-9-23(17)11-18(24)21-16-8-7-12(19)10-14(16)20/h2,5-8,10,22H,3-4,9,11H2,1H3,(H,21,24). The van der Waals surface area contributed by atoms with E-state index >= 15 is 0 Å². The molecule has 0 spiro atoms. The van der Waals surface area contributed by atoms with Crippen molar-refractivity contribution in [2.45, 2.75) is 12.8 Å². The molecule has 27 heavy (non-hydrogen) atoms. The minimum atomic E-state index is -3.37. The van der Waals surface area contributed by atoms with E-state index in [1.807, 2.05) is 11.0 Å². The Balaban J connectivity index is 1.78. The Morgan fingerprint density at radius 1 is 1.26 bits per heavy atom. The number of sulfonamides is 1. The number of amides is 1. The van der Waals surface area contributed by atoms with Gasteiger partial charge < -0.3 is 10.2 Å². The van der Waals surface area contributed by atoms with E-state index < -0.39 is 10.0 Å². The topological polar surface area (TPSA) is 78.5 Å². The smallest absolute Gasteiger partial charge is 0.243 e. The largest absolute Gasteiger partial charge is 0.362 e. The second kappa shape index (κ2) is 8.08. The molecule has 9 heteroatoms. The zero-order valence-corrected chi connectivity index (χ0v) is 17.8. The van der Waals surface area contributed by atoms with Crippen molar-refractivity contribution in [3.63, 3.8) is 0 Å². The van der Waals surface area contributed by atoms with E-state index in [4.69, 9.17) is 11.6 Å². The summed E-state index contributed by atoms with van der Waals surface area (Å²) in [5, 5.41) is 3.28. The van der Waals surface area contributed by atoms with E-state index in [0.29, 0.717) is 16.4 Å². The lowest BCUT2D eigenvalue weighted by atomic mass is 10.00. The first kappa shape index (κ1) is 20.0. The summed E-state index contributed by atoms with van der Waals surface area (Å²) in [6.45, 7) is 0.874. The zero-order valence-electron chi connectivity index (χ0n) is 14.6. The summed E-state index contributed by atoms with van der Waals surface area (Å²) >= 11 is 9.49. The number of anilines is 3. The highest BCUT2D eigenvalue weighted by atomic mass is 79.9. The van der Waals surface area contributed by atoms with Gasteiger partial charge in [-0.3, -0.25) is 9.52 Å². The predicted octanol–water partition coefficient (Wildman–Crippen LogP) is 3.87. The van der Waals surface area contributed by atoms with E-state index in [-0.39, 0.29) is 12.5 Å². The molecule has 0 atom stereocenters. The molecule has 0 fully saturated rings. The third-order valence-electron chi connectivity index (χ3n) is 4.18. The van der Waals surface area contributed by atoms with E-state index in [0.717, 1.165) is 41.4 Å². The van der Waals surface area contributed by atoms with Gasteiger partial charge in [-0.05, 0) is 48.7 Å². The Bertz CT molecular complexity index is 982. The third kappa shape index (κ3) is 5.15. The van der Waals surface area contributed by atoms with Gasteiger partial charge in [0.15, 0.2) is 0 Å². The van der Waals surface area contributed by atoms with Crippen LogP contribution >= 0.6 is 27.5 Å². The minimum Gasteiger partial charge on any atom is -0.362 e. The van der Waals surface area contributed by atoms with Crippen molar-refractivity contribution in [2.75, 3.05) is 34.3 Å². The summed E-state index contributed by atoms with van der Waals surface area (Å²) in [6.07, 6.45) is 2.72. The van der Waals surface area contributed by atoms with Gasteiger partial charge in [-0.1, -0.05) is 33.6 Å². The number of carbonyl (C=O) groups is 1. The van der Waals surface area contributed by atoms with Gasteiger partial charge in [-0.25, -0.2) is 8.42 Å². The van der Waals surface area contributed by atoms with Gasteiger partial charge in [-0.15, -0.1) is 0 Å². The summed E-state index contributed by atoms with van der Waals surface area (Å²) in [7, 11) is -3.37. The molecule has 0 saturated carbocycles. The molecule has 1 amide bonds. The maximum absolute atomic E-state index is 12.5. The van der Waals surface area contributed by atoms with Gasteiger partial charge in [0.05, 0.1) is 29.2 Å². The van der Waals surface area contributed by atoms with Crippen LogP contribution in [0.15, 0.2) is 40.9 Å². The first-order valence-corrected chi connectivity index (χ1v) is 11.4. The molecule has 2 aromatic carbocycles. The van der Waals surface area contributed by atoms with Crippen LogP contribution in [0.3, 0.4) is 0 Å². The summed E-state index contributed by atoms with van der Waals surface area (Å²) in [5.74, 6) is -0.187. The van der Waals surface area contributed by atoms with Crippen molar-refractivity contribution in [2.24, 2.45) is 0 Å². The fourth-order valence-electron chi connectivity index (χ4n) is 3.11. The molecule has 3 rings (SSSR count). The van der Waals surface area contributed by atoms with Crippen molar-refractivity contribution in [1.82, 2.24) is 0 Å². The van der Waals surface area contributed by atoms with E-state index in [1.54, 1.807) is 30.3 Å². The SMILES string of the molecule is CS(=O)(=O)Nc1cccc2c1CCCN2CC(=O)Nc1ccc(Br)cc1Cl.